The fraction of sp³-hybridized carbons (Fsp3) is 0. The van der Waals surface area contributed by atoms with E-state index in [1.54, 1.807) is 6.08 Å². The van der Waals surface area contributed by atoms with E-state index < -0.39 is 5.97 Å². The van der Waals surface area contributed by atoms with Crippen molar-refractivity contribution in [2.75, 3.05) is 0 Å². The molecule has 1 heterocycles. The normalized spacial score (nSPS) is 16.0. The first-order chi connectivity index (χ1) is 10.1. The molecule has 2 aromatic rings. The number of carbonyl (C=O) groups excluding carboxylic acids is 1. The molecule has 1 aliphatic rings. The summed E-state index contributed by atoms with van der Waals surface area (Å²) in [6, 6.07) is 13.3. The Morgan fingerprint density at radius 1 is 1.10 bits per heavy atom. The lowest BCUT2D eigenvalue weighted by atomic mass is 10.2. The average molecular weight is 393 g/mol. The maximum absolute atomic E-state index is 12.9. The van der Waals surface area contributed by atoms with Crippen molar-refractivity contribution in [3.63, 3.8) is 0 Å². The first kappa shape index (κ1) is 13.9. The highest BCUT2D eigenvalue weighted by Crippen LogP contribution is 2.21. The van der Waals surface area contributed by atoms with Crippen LogP contribution in [0.4, 0.5) is 4.39 Å². The van der Waals surface area contributed by atoms with Gasteiger partial charge in [-0.3, -0.25) is 0 Å². The van der Waals surface area contributed by atoms with Crippen LogP contribution in [-0.2, 0) is 9.53 Å². The summed E-state index contributed by atoms with van der Waals surface area (Å²) in [4.78, 5) is 16.0. The molecule has 0 saturated carbocycles. The van der Waals surface area contributed by atoms with Crippen molar-refractivity contribution >= 4 is 40.5 Å². The van der Waals surface area contributed by atoms with Crippen LogP contribution >= 0.6 is 22.6 Å². The highest BCUT2D eigenvalue weighted by molar-refractivity contribution is 14.1. The molecule has 0 aromatic heterocycles. The Bertz CT molecular complexity index is 766. The molecule has 0 amide bonds. The maximum Gasteiger partial charge on any atom is 0.363 e. The van der Waals surface area contributed by atoms with Crippen molar-refractivity contribution in [1.29, 1.82) is 0 Å². The molecule has 1 aliphatic heterocycles. The van der Waals surface area contributed by atoms with Gasteiger partial charge in [0.2, 0.25) is 5.90 Å². The molecule has 0 atom stereocenters. The van der Waals surface area contributed by atoms with Gasteiger partial charge in [0.1, 0.15) is 5.82 Å². The summed E-state index contributed by atoms with van der Waals surface area (Å²) in [5, 5.41) is 0. The number of rotatable bonds is 2. The molecular formula is C16H9FINO2. The smallest absolute Gasteiger partial charge is 0.363 e. The standard InChI is InChI=1S/C16H9FINO2/c17-12-7-5-10(6-8-12)15-19-14(16(20)21-15)9-11-3-1-2-4-13(11)18/h1-9H/b14-9+. The van der Waals surface area contributed by atoms with Gasteiger partial charge < -0.3 is 4.74 Å². The first-order valence-electron chi connectivity index (χ1n) is 6.16. The fourth-order valence-electron chi connectivity index (χ4n) is 1.86. The third kappa shape index (κ3) is 3.02. The minimum absolute atomic E-state index is 0.192. The SMILES string of the molecule is O=C1OC(c2ccc(F)cc2)=N/C1=C/c1ccccc1I. The van der Waals surface area contributed by atoms with Gasteiger partial charge in [-0.2, -0.15) is 0 Å². The Morgan fingerprint density at radius 2 is 1.81 bits per heavy atom. The van der Waals surface area contributed by atoms with E-state index in [1.807, 2.05) is 24.3 Å². The predicted molar refractivity (Wildman–Crippen MR) is 86.2 cm³/mol. The monoisotopic (exact) mass is 393 g/mol. The molecule has 3 nitrogen and oxygen atoms in total. The molecule has 0 radical (unpaired) electrons. The van der Waals surface area contributed by atoms with Crippen LogP contribution in [-0.4, -0.2) is 11.9 Å². The Balaban J connectivity index is 1.96. The average Bonchev–Trinajstić information content (AvgIpc) is 2.83. The molecule has 0 bridgehead atoms. The van der Waals surface area contributed by atoms with Crippen LogP contribution in [0.1, 0.15) is 11.1 Å². The van der Waals surface area contributed by atoms with E-state index in [9.17, 15) is 9.18 Å². The van der Waals surface area contributed by atoms with Gasteiger partial charge in [0.25, 0.3) is 0 Å². The van der Waals surface area contributed by atoms with Crippen molar-refractivity contribution in [3.05, 3.63) is 74.7 Å². The zero-order valence-corrected chi connectivity index (χ0v) is 12.9. The van der Waals surface area contributed by atoms with Crippen molar-refractivity contribution < 1.29 is 13.9 Å². The van der Waals surface area contributed by atoms with Crippen molar-refractivity contribution in [2.24, 2.45) is 4.99 Å². The lowest BCUT2D eigenvalue weighted by Crippen LogP contribution is -2.05. The van der Waals surface area contributed by atoms with Crippen LogP contribution in [0, 0.1) is 9.39 Å². The zero-order chi connectivity index (χ0) is 14.8. The van der Waals surface area contributed by atoms with Crippen molar-refractivity contribution in [2.45, 2.75) is 0 Å². The van der Waals surface area contributed by atoms with Gasteiger partial charge in [-0.1, -0.05) is 18.2 Å². The number of hydrogen-bond donors (Lipinski definition) is 0. The van der Waals surface area contributed by atoms with E-state index in [2.05, 4.69) is 27.6 Å². The zero-order valence-electron chi connectivity index (χ0n) is 10.7. The Kier molecular flexibility index (Phi) is 3.83. The van der Waals surface area contributed by atoms with E-state index in [1.165, 1.54) is 24.3 Å². The van der Waals surface area contributed by atoms with E-state index in [0.29, 0.717) is 5.56 Å². The molecule has 104 valence electrons. The minimum atomic E-state index is -0.506. The summed E-state index contributed by atoms with van der Waals surface area (Å²) in [5.41, 5.74) is 1.70. The van der Waals surface area contributed by atoms with Crippen LogP contribution in [0.3, 0.4) is 0 Å². The molecule has 0 saturated heterocycles. The number of hydrogen-bond acceptors (Lipinski definition) is 3. The molecule has 0 aliphatic carbocycles. The molecule has 2 aromatic carbocycles. The molecule has 0 fully saturated rings. The summed E-state index contributed by atoms with van der Waals surface area (Å²) >= 11 is 2.19. The van der Waals surface area contributed by atoms with Gasteiger partial charge in [-0.15, -0.1) is 0 Å². The quantitative estimate of drug-likeness (QED) is 0.443. The fourth-order valence-corrected chi connectivity index (χ4v) is 2.41. The van der Waals surface area contributed by atoms with Gasteiger partial charge >= 0.3 is 5.97 Å². The van der Waals surface area contributed by atoms with Gasteiger partial charge in [-0.05, 0) is 64.6 Å². The second kappa shape index (κ2) is 5.77. The van der Waals surface area contributed by atoms with Crippen LogP contribution in [0.25, 0.3) is 6.08 Å². The molecular weight excluding hydrogens is 384 g/mol. The van der Waals surface area contributed by atoms with E-state index >= 15 is 0 Å². The first-order valence-corrected chi connectivity index (χ1v) is 7.24. The summed E-state index contributed by atoms with van der Waals surface area (Å²) < 4.78 is 19.0. The highest BCUT2D eigenvalue weighted by atomic mass is 127. The van der Waals surface area contributed by atoms with Crippen LogP contribution < -0.4 is 0 Å². The summed E-state index contributed by atoms with van der Waals surface area (Å²) in [6.45, 7) is 0. The van der Waals surface area contributed by atoms with Crippen molar-refractivity contribution in [3.8, 4) is 0 Å². The Labute approximate surface area is 134 Å². The van der Waals surface area contributed by atoms with Gasteiger partial charge in [0.15, 0.2) is 5.70 Å². The largest absolute Gasteiger partial charge is 0.402 e. The highest BCUT2D eigenvalue weighted by Gasteiger charge is 2.24. The molecule has 0 unspecified atom stereocenters. The number of carbonyl (C=O) groups is 1. The van der Waals surface area contributed by atoms with Crippen molar-refractivity contribution in [1.82, 2.24) is 0 Å². The second-order valence-corrected chi connectivity index (χ2v) is 5.53. The topological polar surface area (TPSA) is 38.7 Å². The third-order valence-electron chi connectivity index (χ3n) is 2.91. The molecule has 5 heteroatoms. The van der Waals surface area contributed by atoms with E-state index in [4.69, 9.17) is 4.74 Å². The number of halogens is 2. The maximum atomic E-state index is 12.9. The lowest BCUT2D eigenvalue weighted by Gasteiger charge is -1.98. The van der Waals surface area contributed by atoms with Crippen LogP contribution in [0.2, 0.25) is 0 Å². The predicted octanol–water partition coefficient (Wildman–Crippen LogP) is 3.77. The number of nitrogens with zero attached hydrogens (tertiary/aromatic N) is 1. The lowest BCUT2D eigenvalue weighted by molar-refractivity contribution is -0.129. The summed E-state index contributed by atoms with van der Waals surface area (Å²) in [7, 11) is 0. The Hall–Kier alpha value is -2.02. The second-order valence-electron chi connectivity index (χ2n) is 4.36. The summed E-state index contributed by atoms with van der Waals surface area (Å²) in [5.74, 6) is -0.663. The Morgan fingerprint density at radius 3 is 2.52 bits per heavy atom. The van der Waals surface area contributed by atoms with E-state index in [-0.39, 0.29) is 17.4 Å². The van der Waals surface area contributed by atoms with Crippen LogP contribution in [0.5, 0.6) is 0 Å². The minimum Gasteiger partial charge on any atom is -0.402 e. The number of ether oxygens (including phenoxy) is 1. The molecule has 21 heavy (non-hydrogen) atoms. The summed E-state index contributed by atoms with van der Waals surface area (Å²) in [6.07, 6.45) is 1.68. The molecule has 0 spiro atoms. The van der Waals surface area contributed by atoms with Gasteiger partial charge in [0.05, 0.1) is 0 Å². The van der Waals surface area contributed by atoms with Gasteiger partial charge in [-0.25, -0.2) is 14.2 Å². The van der Waals surface area contributed by atoms with Crippen LogP contribution in [0.15, 0.2) is 59.2 Å². The number of benzene rings is 2. The molecule has 0 N–H and O–H groups in total. The number of cyclic esters (lactones) is 1. The number of aliphatic imine (C=N–C) groups is 1. The van der Waals surface area contributed by atoms with Gasteiger partial charge in [0, 0.05) is 9.13 Å². The number of esters is 1. The molecule has 3 rings (SSSR count). The third-order valence-corrected chi connectivity index (χ3v) is 3.89. The van der Waals surface area contributed by atoms with E-state index in [0.717, 1.165) is 9.13 Å².